The van der Waals surface area contributed by atoms with Crippen LogP contribution in [0.1, 0.15) is 23.7 Å². The molecule has 1 atom stereocenters. The maximum absolute atomic E-state index is 12.5. The highest BCUT2D eigenvalue weighted by atomic mass is 32.2. The summed E-state index contributed by atoms with van der Waals surface area (Å²) in [5.74, 6) is 0.918. The Bertz CT molecular complexity index is 915. The van der Waals surface area contributed by atoms with E-state index < -0.39 is 9.84 Å². The Morgan fingerprint density at radius 2 is 2.00 bits per heavy atom. The number of sulfone groups is 1. The summed E-state index contributed by atoms with van der Waals surface area (Å²) >= 11 is 0. The molecule has 0 radical (unpaired) electrons. The second-order valence-corrected chi connectivity index (χ2v) is 8.55. The lowest BCUT2D eigenvalue weighted by molar-refractivity contribution is 0.102. The predicted molar refractivity (Wildman–Crippen MR) is 103 cm³/mol. The number of amides is 1. The van der Waals surface area contributed by atoms with Crippen molar-refractivity contribution < 1.29 is 17.9 Å². The zero-order valence-electron chi connectivity index (χ0n) is 15.3. The van der Waals surface area contributed by atoms with Crippen molar-refractivity contribution in [2.45, 2.75) is 19.4 Å². The Kier molecular flexibility index (Phi) is 5.59. The molecule has 2 heterocycles. The van der Waals surface area contributed by atoms with E-state index in [0.29, 0.717) is 36.0 Å². The highest BCUT2D eigenvalue weighted by molar-refractivity contribution is 7.91. The SMILES string of the molecule is CCOc1ccccc1NC(=O)c1cnc(N(C)C2CCS(=O)(=O)C2)nc1. The van der Waals surface area contributed by atoms with Crippen molar-refractivity contribution in [2.24, 2.45) is 0 Å². The zero-order valence-corrected chi connectivity index (χ0v) is 16.1. The van der Waals surface area contributed by atoms with Crippen LogP contribution in [-0.2, 0) is 9.84 Å². The molecule has 8 nitrogen and oxygen atoms in total. The first kappa shape index (κ1) is 19.1. The van der Waals surface area contributed by atoms with Crippen molar-refractivity contribution in [3.8, 4) is 5.75 Å². The first-order valence-electron chi connectivity index (χ1n) is 8.68. The van der Waals surface area contributed by atoms with Gasteiger partial charge in [0.05, 0.1) is 29.4 Å². The van der Waals surface area contributed by atoms with Gasteiger partial charge in [-0.05, 0) is 25.5 Å². The number of hydrogen-bond donors (Lipinski definition) is 1. The molecule has 0 aliphatic carbocycles. The summed E-state index contributed by atoms with van der Waals surface area (Å²) in [4.78, 5) is 22.6. The van der Waals surface area contributed by atoms with Crippen LogP contribution in [0.3, 0.4) is 0 Å². The third-order valence-corrected chi connectivity index (χ3v) is 6.16. The number of carbonyl (C=O) groups excluding carboxylic acids is 1. The van der Waals surface area contributed by atoms with Crippen molar-refractivity contribution in [1.29, 1.82) is 0 Å². The Morgan fingerprint density at radius 3 is 2.63 bits per heavy atom. The van der Waals surface area contributed by atoms with Crippen LogP contribution in [0, 0.1) is 0 Å². The monoisotopic (exact) mass is 390 g/mol. The van der Waals surface area contributed by atoms with Gasteiger partial charge >= 0.3 is 0 Å². The summed E-state index contributed by atoms with van der Waals surface area (Å²) in [6.07, 6.45) is 3.42. The number of benzene rings is 1. The molecule has 2 aromatic rings. The number of para-hydroxylation sites is 2. The van der Waals surface area contributed by atoms with Crippen LogP contribution < -0.4 is 15.0 Å². The van der Waals surface area contributed by atoms with Gasteiger partial charge < -0.3 is 15.0 Å². The minimum Gasteiger partial charge on any atom is -0.492 e. The first-order valence-corrected chi connectivity index (χ1v) is 10.5. The van der Waals surface area contributed by atoms with Crippen LogP contribution in [0.25, 0.3) is 0 Å². The Morgan fingerprint density at radius 1 is 1.30 bits per heavy atom. The van der Waals surface area contributed by atoms with Crippen LogP contribution in [0.2, 0.25) is 0 Å². The van der Waals surface area contributed by atoms with E-state index in [9.17, 15) is 13.2 Å². The van der Waals surface area contributed by atoms with E-state index in [2.05, 4.69) is 15.3 Å². The Labute approximate surface area is 158 Å². The molecule has 1 N–H and O–H groups in total. The number of nitrogens with one attached hydrogen (secondary N) is 1. The summed E-state index contributed by atoms with van der Waals surface area (Å²) in [5, 5.41) is 2.79. The van der Waals surface area contributed by atoms with Gasteiger partial charge in [-0.25, -0.2) is 18.4 Å². The summed E-state index contributed by atoms with van der Waals surface area (Å²) < 4.78 is 28.8. The van der Waals surface area contributed by atoms with E-state index in [1.54, 1.807) is 24.1 Å². The number of nitrogens with zero attached hydrogens (tertiary/aromatic N) is 3. The molecule has 3 rings (SSSR count). The van der Waals surface area contributed by atoms with E-state index >= 15 is 0 Å². The summed E-state index contributed by atoms with van der Waals surface area (Å²) in [6, 6.07) is 7.03. The summed E-state index contributed by atoms with van der Waals surface area (Å²) in [5.41, 5.74) is 0.874. The standard InChI is InChI=1S/C18H22N4O4S/c1-3-26-16-7-5-4-6-15(16)21-17(23)13-10-19-18(20-11-13)22(2)14-8-9-27(24,25)12-14/h4-7,10-11,14H,3,8-9,12H2,1-2H3,(H,21,23). The first-order chi connectivity index (χ1) is 12.9. The third kappa shape index (κ3) is 4.54. The molecule has 1 aromatic carbocycles. The fourth-order valence-electron chi connectivity index (χ4n) is 2.91. The Balaban J connectivity index is 1.69. The minimum absolute atomic E-state index is 0.101. The molecule has 1 aromatic heterocycles. The summed E-state index contributed by atoms with van der Waals surface area (Å²) in [6.45, 7) is 2.37. The van der Waals surface area contributed by atoms with Crippen molar-refractivity contribution in [3.05, 3.63) is 42.2 Å². The zero-order chi connectivity index (χ0) is 19.4. The van der Waals surface area contributed by atoms with Crippen molar-refractivity contribution in [1.82, 2.24) is 9.97 Å². The second-order valence-electron chi connectivity index (χ2n) is 6.32. The molecule has 9 heteroatoms. The van der Waals surface area contributed by atoms with Gasteiger partial charge in [0, 0.05) is 25.5 Å². The average Bonchev–Trinajstić information content (AvgIpc) is 3.03. The van der Waals surface area contributed by atoms with Gasteiger partial charge in [0.1, 0.15) is 5.75 Å². The molecule has 1 aliphatic rings. The lowest BCUT2D eigenvalue weighted by Crippen LogP contribution is -2.34. The van der Waals surface area contributed by atoms with Gasteiger partial charge in [0.15, 0.2) is 9.84 Å². The quantitative estimate of drug-likeness (QED) is 0.802. The second kappa shape index (κ2) is 7.91. The molecule has 1 amide bonds. The van der Waals surface area contributed by atoms with Crippen molar-refractivity contribution in [2.75, 3.05) is 35.4 Å². The maximum Gasteiger partial charge on any atom is 0.258 e. The number of aromatic nitrogens is 2. The van der Waals surface area contributed by atoms with Crippen LogP contribution in [-0.4, -0.2) is 55.5 Å². The van der Waals surface area contributed by atoms with E-state index in [1.807, 2.05) is 19.1 Å². The Hall–Kier alpha value is -2.68. The van der Waals surface area contributed by atoms with Gasteiger partial charge in [0.25, 0.3) is 5.91 Å². The van der Waals surface area contributed by atoms with Gasteiger partial charge in [-0.1, -0.05) is 12.1 Å². The lowest BCUT2D eigenvalue weighted by atomic mass is 10.2. The summed E-state index contributed by atoms with van der Waals surface area (Å²) in [7, 11) is -1.22. The van der Waals surface area contributed by atoms with E-state index in [1.165, 1.54) is 12.4 Å². The van der Waals surface area contributed by atoms with Crippen molar-refractivity contribution >= 4 is 27.4 Å². The highest BCUT2D eigenvalue weighted by Crippen LogP contribution is 2.24. The number of anilines is 2. The van der Waals surface area contributed by atoms with Gasteiger partial charge in [0.2, 0.25) is 5.95 Å². The van der Waals surface area contributed by atoms with Gasteiger partial charge in [-0.15, -0.1) is 0 Å². The maximum atomic E-state index is 12.5. The van der Waals surface area contributed by atoms with Crippen LogP contribution >= 0.6 is 0 Å². The van der Waals surface area contributed by atoms with Crippen molar-refractivity contribution in [3.63, 3.8) is 0 Å². The molecule has 0 spiro atoms. The minimum atomic E-state index is -2.99. The predicted octanol–water partition coefficient (Wildman–Crippen LogP) is 1.75. The molecule has 1 unspecified atom stereocenters. The van der Waals surface area contributed by atoms with Crippen LogP contribution in [0.15, 0.2) is 36.7 Å². The number of hydrogen-bond acceptors (Lipinski definition) is 7. The topological polar surface area (TPSA) is 101 Å². The number of ether oxygens (including phenoxy) is 1. The molecule has 144 valence electrons. The average molecular weight is 390 g/mol. The molecular weight excluding hydrogens is 368 g/mol. The number of rotatable bonds is 6. The van der Waals surface area contributed by atoms with E-state index in [-0.39, 0.29) is 23.5 Å². The van der Waals surface area contributed by atoms with Gasteiger partial charge in [-0.2, -0.15) is 0 Å². The van der Waals surface area contributed by atoms with Gasteiger partial charge in [-0.3, -0.25) is 4.79 Å². The normalized spacial score (nSPS) is 18.1. The van der Waals surface area contributed by atoms with Crippen LogP contribution in [0.5, 0.6) is 5.75 Å². The fourth-order valence-corrected chi connectivity index (χ4v) is 4.68. The molecule has 0 bridgehead atoms. The molecule has 0 saturated carbocycles. The molecule has 27 heavy (non-hydrogen) atoms. The van der Waals surface area contributed by atoms with Crippen LogP contribution in [0.4, 0.5) is 11.6 Å². The van der Waals surface area contributed by atoms with E-state index in [0.717, 1.165) is 0 Å². The molecule has 1 aliphatic heterocycles. The smallest absolute Gasteiger partial charge is 0.258 e. The highest BCUT2D eigenvalue weighted by Gasteiger charge is 2.31. The molecule has 1 saturated heterocycles. The lowest BCUT2D eigenvalue weighted by Gasteiger charge is -2.23. The van der Waals surface area contributed by atoms with E-state index in [4.69, 9.17) is 4.74 Å². The third-order valence-electron chi connectivity index (χ3n) is 4.41. The fraction of sp³-hybridized carbons (Fsp3) is 0.389. The largest absolute Gasteiger partial charge is 0.492 e. The molecular formula is C18H22N4O4S. The molecule has 1 fully saturated rings. The number of carbonyl (C=O) groups is 1.